The summed E-state index contributed by atoms with van der Waals surface area (Å²) in [5.41, 5.74) is 12.6. The van der Waals surface area contributed by atoms with E-state index in [0.29, 0.717) is 25.4 Å². The molecule has 0 atom stereocenters. The number of guanidine groups is 1. The molecule has 10 nitrogen and oxygen atoms in total. The Labute approximate surface area is 230 Å². The molecule has 14 heteroatoms. The van der Waals surface area contributed by atoms with E-state index < -0.39 is 12.1 Å². The molecule has 0 fully saturated rings. The van der Waals surface area contributed by atoms with Crippen molar-refractivity contribution in [2.45, 2.75) is 19.1 Å². The van der Waals surface area contributed by atoms with Gasteiger partial charge in [0.15, 0.2) is 11.1 Å². The van der Waals surface area contributed by atoms with Gasteiger partial charge in [-0.2, -0.15) is 13.2 Å². The zero-order valence-corrected chi connectivity index (χ0v) is 21.7. The van der Waals surface area contributed by atoms with Crippen molar-refractivity contribution in [2.75, 3.05) is 18.5 Å². The van der Waals surface area contributed by atoms with Crippen molar-refractivity contribution in [1.82, 2.24) is 4.98 Å². The van der Waals surface area contributed by atoms with Crippen LogP contribution in [0, 0.1) is 0 Å². The van der Waals surface area contributed by atoms with Crippen LogP contribution in [0.2, 0.25) is 0 Å². The number of aromatic hydroxyl groups is 1. The summed E-state index contributed by atoms with van der Waals surface area (Å²) in [6, 6.07) is 20.4. The zero-order chi connectivity index (χ0) is 29.1. The minimum Gasteiger partial charge on any atom is -0.508 e. The molecule has 3 aromatic carbocycles. The van der Waals surface area contributed by atoms with Gasteiger partial charge in [-0.3, -0.25) is 4.99 Å². The van der Waals surface area contributed by atoms with Gasteiger partial charge in [0.05, 0.1) is 16.8 Å². The number of thiazole rings is 1. The number of nitrogens with two attached hydrogens (primary N) is 2. The van der Waals surface area contributed by atoms with Crippen LogP contribution < -0.4 is 26.3 Å². The zero-order valence-electron chi connectivity index (χ0n) is 20.9. The molecule has 1 aromatic heterocycles. The Morgan fingerprint density at radius 2 is 1.62 bits per heavy atom. The predicted octanol–water partition coefficient (Wildman–Crippen LogP) is 5.08. The van der Waals surface area contributed by atoms with Crippen molar-refractivity contribution in [3.8, 4) is 23.0 Å². The van der Waals surface area contributed by atoms with Crippen LogP contribution >= 0.6 is 11.3 Å². The van der Waals surface area contributed by atoms with Gasteiger partial charge in [0, 0.05) is 25.6 Å². The lowest BCUT2D eigenvalue weighted by Crippen LogP contribution is -2.23. The lowest BCUT2D eigenvalue weighted by atomic mass is 10.2. The molecular formula is C26H26F3N5O5S. The third kappa shape index (κ3) is 9.87. The van der Waals surface area contributed by atoms with E-state index in [1.165, 1.54) is 0 Å². The number of aliphatic imine (C=N–C) groups is 1. The van der Waals surface area contributed by atoms with Gasteiger partial charge in [-0.25, -0.2) is 9.78 Å². The number of rotatable bonds is 10. The maximum atomic E-state index is 10.6. The van der Waals surface area contributed by atoms with E-state index in [1.807, 2.05) is 42.5 Å². The molecule has 1 heterocycles. The number of nitrogens with one attached hydrogen (secondary N) is 1. The molecule has 0 saturated carbocycles. The molecule has 7 N–H and O–H groups in total. The predicted molar refractivity (Wildman–Crippen MR) is 146 cm³/mol. The summed E-state index contributed by atoms with van der Waals surface area (Å²) < 4.78 is 44.3. The summed E-state index contributed by atoms with van der Waals surface area (Å²) in [7, 11) is 0. The topological polar surface area (TPSA) is 165 Å². The number of carboxylic acid groups (broad SMARTS) is 1. The maximum Gasteiger partial charge on any atom is 0.490 e. The fourth-order valence-corrected chi connectivity index (χ4v) is 3.93. The van der Waals surface area contributed by atoms with Crippen molar-refractivity contribution < 1.29 is 37.7 Å². The molecule has 40 heavy (non-hydrogen) atoms. The van der Waals surface area contributed by atoms with Crippen LogP contribution in [0.3, 0.4) is 0 Å². The van der Waals surface area contributed by atoms with Crippen molar-refractivity contribution >= 4 is 38.6 Å². The second kappa shape index (κ2) is 13.9. The van der Waals surface area contributed by atoms with E-state index in [-0.39, 0.29) is 11.7 Å². The molecule has 0 unspecified atom stereocenters. The summed E-state index contributed by atoms with van der Waals surface area (Å²) in [5.74, 6) is -0.258. The number of phenols is 1. The summed E-state index contributed by atoms with van der Waals surface area (Å²) >= 11 is 1.57. The minimum atomic E-state index is -5.08. The first-order valence-corrected chi connectivity index (χ1v) is 12.5. The van der Waals surface area contributed by atoms with Crippen LogP contribution in [0.1, 0.15) is 12.0 Å². The van der Waals surface area contributed by atoms with E-state index >= 15 is 0 Å². The van der Waals surface area contributed by atoms with Gasteiger partial charge in [-0.15, -0.1) is 0 Å². The number of hydrogen-bond donors (Lipinski definition) is 5. The highest BCUT2D eigenvalue weighted by molar-refractivity contribution is 7.22. The molecule has 4 rings (SSSR count). The third-order valence-corrected chi connectivity index (χ3v) is 5.88. The molecule has 0 bridgehead atoms. The molecular weight excluding hydrogens is 551 g/mol. The number of nitrogens with zero attached hydrogens (tertiary/aromatic N) is 2. The third-order valence-electron chi connectivity index (χ3n) is 4.91. The average molecular weight is 578 g/mol. The summed E-state index contributed by atoms with van der Waals surface area (Å²) in [5, 5.41) is 20.7. The number of phenolic OH excluding ortho intramolecular Hbond substituents is 1. The number of halogens is 3. The van der Waals surface area contributed by atoms with Crippen LogP contribution in [-0.4, -0.2) is 46.5 Å². The van der Waals surface area contributed by atoms with Gasteiger partial charge in [-0.05, 0) is 54.1 Å². The number of carbonyl (C=O) groups is 1. The molecule has 0 spiro atoms. The Bertz CT molecular complexity index is 1420. The molecule has 212 valence electrons. The lowest BCUT2D eigenvalue weighted by Gasteiger charge is -2.07. The molecule has 0 radical (unpaired) electrons. The molecule has 0 aliphatic heterocycles. The van der Waals surface area contributed by atoms with Crippen molar-refractivity contribution in [2.24, 2.45) is 16.5 Å². The van der Waals surface area contributed by atoms with Crippen LogP contribution in [0.4, 0.5) is 18.3 Å². The van der Waals surface area contributed by atoms with Gasteiger partial charge in [0.25, 0.3) is 0 Å². The van der Waals surface area contributed by atoms with E-state index in [4.69, 9.17) is 30.8 Å². The fourth-order valence-electron chi connectivity index (χ4n) is 3.04. The second-order valence-electron chi connectivity index (χ2n) is 8.05. The Hall–Kier alpha value is -4.72. The average Bonchev–Trinajstić information content (AvgIpc) is 3.31. The van der Waals surface area contributed by atoms with E-state index in [0.717, 1.165) is 38.8 Å². The lowest BCUT2D eigenvalue weighted by molar-refractivity contribution is -0.192. The minimum absolute atomic E-state index is 0.0998. The highest BCUT2D eigenvalue weighted by Crippen LogP contribution is 2.32. The first-order valence-electron chi connectivity index (χ1n) is 11.7. The standard InChI is InChI=1S/C24H25N5O3S.C2HF3O2/c25-23(26)27-12-1-13-31-18-6-2-16(3-7-18)15-28-24-29-21-11-10-20(14-22(21)33-24)32-19-8-4-17(30)5-9-19;3-2(4,5)1(6)7/h2-11,14,30H,1,12-13,15H2,(H,28,29)(H4,25,26,27);(H,6,7). The SMILES string of the molecule is NC(N)=NCCCOc1ccc(CNc2nc3ccc(Oc4ccc(O)cc4)cc3s2)cc1.O=C(O)C(F)(F)F. The summed E-state index contributed by atoms with van der Waals surface area (Å²) in [6.07, 6.45) is -4.33. The van der Waals surface area contributed by atoms with Crippen molar-refractivity contribution in [3.63, 3.8) is 0 Å². The van der Waals surface area contributed by atoms with Gasteiger partial charge >= 0.3 is 12.1 Å². The van der Waals surface area contributed by atoms with Crippen molar-refractivity contribution in [1.29, 1.82) is 0 Å². The number of hydrogen-bond acceptors (Lipinski definition) is 8. The first-order chi connectivity index (χ1) is 19.0. The number of fused-ring (bicyclic) bond motifs is 1. The molecule has 0 amide bonds. The Morgan fingerprint density at radius 1 is 1.00 bits per heavy atom. The fraction of sp³-hybridized carbons (Fsp3) is 0.192. The highest BCUT2D eigenvalue weighted by atomic mass is 32.1. The van der Waals surface area contributed by atoms with E-state index in [9.17, 15) is 18.3 Å². The van der Waals surface area contributed by atoms with Gasteiger partial charge < -0.3 is 36.5 Å². The van der Waals surface area contributed by atoms with Crippen LogP contribution in [-0.2, 0) is 11.3 Å². The monoisotopic (exact) mass is 577 g/mol. The van der Waals surface area contributed by atoms with Crippen LogP contribution in [0.25, 0.3) is 10.2 Å². The number of carboxylic acids is 1. The maximum absolute atomic E-state index is 10.6. The molecule has 0 aliphatic rings. The van der Waals surface area contributed by atoms with Gasteiger partial charge in [0.2, 0.25) is 0 Å². The largest absolute Gasteiger partial charge is 0.508 e. The first kappa shape index (κ1) is 29.8. The Kier molecular flexibility index (Phi) is 10.4. The Morgan fingerprint density at radius 3 is 2.25 bits per heavy atom. The van der Waals surface area contributed by atoms with E-state index in [2.05, 4.69) is 15.3 Å². The summed E-state index contributed by atoms with van der Waals surface area (Å²) in [6.45, 7) is 1.76. The Balaban J connectivity index is 0.000000559. The quantitative estimate of drug-likeness (QED) is 0.0981. The number of alkyl halides is 3. The van der Waals surface area contributed by atoms with Crippen LogP contribution in [0.15, 0.2) is 71.7 Å². The normalized spacial score (nSPS) is 10.8. The molecule has 4 aromatic rings. The van der Waals surface area contributed by atoms with Gasteiger partial charge in [0.1, 0.15) is 23.0 Å². The highest BCUT2D eigenvalue weighted by Gasteiger charge is 2.38. The number of ether oxygens (including phenoxy) is 2. The number of aliphatic carboxylic acids is 1. The molecule has 0 aliphatic carbocycles. The second-order valence-corrected chi connectivity index (χ2v) is 9.08. The summed E-state index contributed by atoms with van der Waals surface area (Å²) in [4.78, 5) is 17.5. The number of aromatic nitrogens is 1. The van der Waals surface area contributed by atoms with Gasteiger partial charge in [-0.1, -0.05) is 23.5 Å². The van der Waals surface area contributed by atoms with Crippen LogP contribution in [0.5, 0.6) is 23.0 Å². The smallest absolute Gasteiger partial charge is 0.490 e. The molecule has 0 saturated heterocycles. The van der Waals surface area contributed by atoms with Crippen molar-refractivity contribution in [3.05, 3.63) is 72.3 Å². The number of benzene rings is 3. The van der Waals surface area contributed by atoms with E-state index in [1.54, 1.807) is 35.6 Å². The number of anilines is 1.